The number of hydrogen-bond acceptors (Lipinski definition) is 8. The third-order valence-electron chi connectivity index (χ3n) is 4.41. The first-order valence-electron chi connectivity index (χ1n) is 9.22. The summed E-state index contributed by atoms with van der Waals surface area (Å²) < 4.78 is 13.0. The lowest BCUT2D eigenvalue weighted by molar-refractivity contribution is 0.399. The zero-order valence-electron chi connectivity index (χ0n) is 16.0. The van der Waals surface area contributed by atoms with Gasteiger partial charge in [-0.1, -0.05) is 65.4 Å². The first kappa shape index (κ1) is 18.3. The zero-order chi connectivity index (χ0) is 20.3. The fourth-order valence-electron chi connectivity index (χ4n) is 2.98. The van der Waals surface area contributed by atoms with Gasteiger partial charge >= 0.3 is 0 Å². The van der Waals surface area contributed by atoms with Crippen molar-refractivity contribution >= 4 is 11.8 Å². The van der Waals surface area contributed by atoms with E-state index in [2.05, 4.69) is 25.4 Å². The Labute approximate surface area is 176 Å². The molecule has 9 heteroatoms. The molecule has 0 radical (unpaired) electrons. The van der Waals surface area contributed by atoms with Gasteiger partial charge in [-0.15, -0.1) is 15.3 Å². The van der Waals surface area contributed by atoms with Crippen molar-refractivity contribution in [1.82, 2.24) is 30.1 Å². The van der Waals surface area contributed by atoms with Crippen molar-refractivity contribution in [3.8, 4) is 28.4 Å². The van der Waals surface area contributed by atoms with Crippen LogP contribution in [0.4, 0.5) is 0 Å². The van der Waals surface area contributed by atoms with Crippen LogP contribution >= 0.6 is 11.8 Å². The molecule has 0 aliphatic rings. The second-order valence-electron chi connectivity index (χ2n) is 6.43. The topological polar surface area (TPSA) is 95.7 Å². The lowest BCUT2D eigenvalue weighted by Crippen LogP contribution is -1.93. The van der Waals surface area contributed by atoms with E-state index in [0.717, 1.165) is 11.3 Å². The minimum atomic E-state index is 0.381. The van der Waals surface area contributed by atoms with Crippen molar-refractivity contribution in [3.05, 3.63) is 78.6 Å². The Balaban J connectivity index is 1.33. The van der Waals surface area contributed by atoms with E-state index in [4.69, 9.17) is 8.94 Å². The van der Waals surface area contributed by atoms with Gasteiger partial charge in [-0.05, 0) is 19.1 Å². The second-order valence-corrected chi connectivity index (χ2v) is 7.37. The average molecular weight is 416 g/mol. The molecule has 0 saturated carbocycles. The van der Waals surface area contributed by atoms with E-state index in [1.54, 1.807) is 11.0 Å². The molecule has 0 saturated heterocycles. The predicted octanol–water partition coefficient (Wildman–Crippen LogP) is 4.57. The minimum absolute atomic E-state index is 0.381. The molecule has 0 spiro atoms. The van der Waals surface area contributed by atoms with E-state index in [1.165, 1.54) is 11.8 Å². The zero-order valence-corrected chi connectivity index (χ0v) is 16.8. The fraction of sp³-hybridized carbons (Fsp3) is 0.0952. The second kappa shape index (κ2) is 7.96. The van der Waals surface area contributed by atoms with E-state index >= 15 is 0 Å². The van der Waals surface area contributed by atoms with Gasteiger partial charge in [0.25, 0.3) is 5.89 Å². The Morgan fingerprint density at radius 1 is 0.967 bits per heavy atom. The van der Waals surface area contributed by atoms with E-state index in [0.29, 0.717) is 39.7 Å². The quantitative estimate of drug-likeness (QED) is 0.371. The Morgan fingerprint density at radius 2 is 1.73 bits per heavy atom. The van der Waals surface area contributed by atoms with Crippen LogP contribution in [0.5, 0.6) is 0 Å². The minimum Gasteiger partial charge on any atom is -0.420 e. The smallest absolute Gasteiger partial charge is 0.253 e. The summed E-state index contributed by atoms with van der Waals surface area (Å²) >= 11 is 1.43. The van der Waals surface area contributed by atoms with E-state index in [9.17, 15) is 0 Å². The maximum Gasteiger partial charge on any atom is 0.253 e. The van der Waals surface area contributed by atoms with Gasteiger partial charge in [0.05, 0.1) is 11.4 Å². The molecule has 3 aromatic heterocycles. The van der Waals surface area contributed by atoms with Crippen LogP contribution in [0.3, 0.4) is 0 Å². The molecule has 0 bridgehead atoms. The monoisotopic (exact) mass is 416 g/mol. The first-order valence-corrected chi connectivity index (χ1v) is 10.2. The molecule has 0 unspecified atom stereocenters. The summed E-state index contributed by atoms with van der Waals surface area (Å²) in [4.78, 5) is 4.33. The van der Waals surface area contributed by atoms with Gasteiger partial charge < -0.3 is 8.94 Å². The first-order chi connectivity index (χ1) is 14.8. The predicted molar refractivity (Wildman–Crippen MR) is 111 cm³/mol. The highest BCUT2D eigenvalue weighted by Crippen LogP contribution is 2.33. The van der Waals surface area contributed by atoms with Crippen LogP contribution in [0.1, 0.15) is 11.7 Å². The van der Waals surface area contributed by atoms with Crippen molar-refractivity contribution in [2.75, 3.05) is 0 Å². The lowest BCUT2D eigenvalue weighted by Gasteiger charge is -1.98. The van der Waals surface area contributed by atoms with Crippen LogP contribution in [0.25, 0.3) is 28.4 Å². The molecular weight excluding hydrogens is 400 g/mol. The highest BCUT2D eigenvalue weighted by atomic mass is 32.2. The molecule has 0 aliphatic heterocycles. The summed E-state index contributed by atoms with van der Waals surface area (Å²) in [6.07, 6.45) is 1.68. The third-order valence-corrected chi connectivity index (χ3v) is 5.24. The van der Waals surface area contributed by atoms with Crippen molar-refractivity contribution in [1.29, 1.82) is 0 Å². The van der Waals surface area contributed by atoms with Crippen LogP contribution in [0, 0.1) is 6.92 Å². The Kier molecular flexibility index (Phi) is 4.86. The number of rotatable bonds is 6. The van der Waals surface area contributed by atoms with Crippen LogP contribution in [-0.2, 0) is 5.75 Å². The van der Waals surface area contributed by atoms with E-state index in [1.807, 2.05) is 67.6 Å². The molecule has 0 atom stereocenters. The van der Waals surface area contributed by atoms with Gasteiger partial charge in [-0.2, -0.15) is 0 Å². The number of aromatic nitrogens is 6. The maximum atomic E-state index is 5.88. The van der Waals surface area contributed by atoms with Gasteiger partial charge in [0.1, 0.15) is 23.3 Å². The van der Waals surface area contributed by atoms with E-state index in [-0.39, 0.29) is 0 Å². The number of thioether (sulfide) groups is 1. The van der Waals surface area contributed by atoms with E-state index < -0.39 is 0 Å². The molecule has 30 heavy (non-hydrogen) atoms. The van der Waals surface area contributed by atoms with Gasteiger partial charge in [-0.3, -0.25) is 0 Å². The molecule has 0 N–H and O–H groups in total. The van der Waals surface area contributed by atoms with Crippen LogP contribution in [0.2, 0.25) is 0 Å². The normalized spacial score (nSPS) is 11.1. The van der Waals surface area contributed by atoms with Gasteiger partial charge in [0, 0.05) is 5.56 Å². The summed E-state index contributed by atoms with van der Waals surface area (Å²) in [6.45, 7) is 1.83. The molecular formula is C21H16N6O2S. The van der Waals surface area contributed by atoms with Crippen molar-refractivity contribution in [3.63, 3.8) is 0 Å². The summed E-state index contributed by atoms with van der Waals surface area (Å²) in [5, 5.41) is 17.6. The molecule has 0 fully saturated rings. The summed E-state index contributed by atoms with van der Waals surface area (Å²) in [5.74, 6) is 1.94. The number of para-hydroxylation sites is 1. The molecule has 2 aromatic carbocycles. The number of aryl methyl sites for hydroxylation is 1. The number of nitrogens with zero attached hydrogens (tertiary/aromatic N) is 6. The molecule has 0 amide bonds. The molecule has 148 valence electrons. The highest BCUT2D eigenvalue weighted by Gasteiger charge is 2.22. The Hall–Kier alpha value is -3.72. The SMILES string of the molecule is Cc1onc(-c2ccccc2)c1-c1nnc(CSc2ncn(-c3ccccc3)n2)o1. The van der Waals surface area contributed by atoms with Crippen LogP contribution in [0.15, 0.2) is 81.1 Å². The van der Waals surface area contributed by atoms with Crippen molar-refractivity contribution < 1.29 is 8.94 Å². The van der Waals surface area contributed by atoms with Gasteiger partial charge in [0.15, 0.2) is 0 Å². The summed E-state index contributed by atoms with van der Waals surface area (Å²) in [6, 6.07) is 19.6. The maximum absolute atomic E-state index is 5.88. The standard InChI is InChI=1S/C21H16N6O2S/c1-14-18(19(26-29-14)15-8-4-2-5-9-15)20-24-23-17(28-20)12-30-21-22-13-27(25-21)16-10-6-3-7-11-16/h2-11,13H,12H2,1H3. The largest absolute Gasteiger partial charge is 0.420 e. The summed E-state index contributed by atoms with van der Waals surface area (Å²) in [7, 11) is 0. The third kappa shape index (κ3) is 3.62. The molecule has 5 aromatic rings. The van der Waals surface area contributed by atoms with Gasteiger partial charge in [0.2, 0.25) is 11.0 Å². The fourth-order valence-corrected chi connectivity index (χ4v) is 3.61. The van der Waals surface area contributed by atoms with Crippen LogP contribution in [-0.4, -0.2) is 30.1 Å². The van der Waals surface area contributed by atoms with Crippen molar-refractivity contribution in [2.45, 2.75) is 17.8 Å². The Morgan fingerprint density at radius 3 is 2.53 bits per heavy atom. The van der Waals surface area contributed by atoms with Crippen LogP contribution < -0.4 is 0 Å². The average Bonchev–Trinajstić information content (AvgIpc) is 3.53. The number of benzene rings is 2. The number of hydrogen-bond donors (Lipinski definition) is 0. The molecule has 8 nitrogen and oxygen atoms in total. The molecule has 5 rings (SSSR count). The lowest BCUT2D eigenvalue weighted by atomic mass is 10.1. The summed E-state index contributed by atoms with van der Waals surface area (Å²) in [5.41, 5.74) is 3.26. The highest BCUT2D eigenvalue weighted by molar-refractivity contribution is 7.98. The van der Waals surface area contributed by atoms with Gasteiger partial charge in [-0.25, -0.2) is 9.67 Å². The molecule has 0 aliphatic carbocycles. The molecule has 3 heterocycles. The Bertz CT molecular complexity index is 1260. The van der Waals surface area contributed by atoms with Crippen molar-refractivity contribution in [2.24, 2.45) is 0 Å².